The van der Waals surface area contributed by atoms with E-state index in [9.17, 15) is 22.4 Å². The van der Waals surface area contributed by atoms with E-state index < -0.39 is 30.0 Å². The van der Waals surface area contributed by atoms with E-state index >= 15 is 0 Å². The number of methoxy groups -OCH3 is 2. The molecule has 4 rings (SSSR count). The number of nitrogens with one attached hydrogen (secondary N) is 2. The molecule has 2 heterocycles. The van der Waals surface area contributed by atoms with Gasteiger partial charge in [0.2, 0.25) is 0 Å². The van der Waals surface area contributed by atoms with Crippen LogP contribution < -0.4 is 20.1 Å². The monoisotopic (exact) mass is 464 g/mol. The Balaban J connectivity index is 1.66. The van der Waals surface area contributed by atoms with Gasteiger partial charge >= 0.3 is 6.18 Å². The molecule has 2 unspecified atom stereocenters. The van der Waals surface area contributed by atoms with E-state index in [4.69, 9.17) is 9.47 Å². The number of fused-ring (bicyclic) bond motifs is 1. The van der Waals surface area contributed by atoms with Gasteiger partial charge in [0.1, 0.15) is 17.2 Å². The zero-order chi connectivity index (χ0) is 23.8. The van der Waals surface area contributed by atoms with E-state index in [1.54, 1.807) is 12.1 Å². The van der Waals surface area contributed by atoms with Gasteiger partial charge in [0, 0.05) is 18.2 Å². The first kappa shape index (κ1) is 22.4. The lowest BCUT2D eigenvalue weighted by Crippen LogP contribution is -2.36. The summed E-state index contributed by atoms with van der Waals surface area (Å²) >= 11 is 0. The third-order valence-electron chi connectivity index (χ3n) is 5.40. The Kier molecular flexibility index (Phi) is 5.88. The summed E-state index contributed by atoms with van der Waals surface area (Å²) in [7, 11) is 2.91. The van der Waals surface area contributed by atoms with Gasteiger partial charge in [-0.1, -0.05) is 12.1 Å². The van der Waals surface area contributed by atoms with Gasteiger partial charge in [-0.2, -0.15) is 18.3 Å². The molecule has 174 valence electrons. The van der Waals surface area contributed by atoms with Gasteiger partial charge in [0.25, 0.3) is 5.91 Å². The molecule has 0 fully saturated rings. The van der Waals surface area contributed by atoms with Crippen molar-refractivity contribution in [1.82, 2.24) is 9.78 Å². The van der Waals surface area contributed by atoms with Crippen LogP contribution in [0.15, 0.2) is 48.7 Å². The maximum atomic E-state index is 13.8. The Labute approximate surface area is 186 Å². The van der Waals surface area contributed by atoms with Crippen molar-refractivity contribution in [3.63, 3.8) is 0 Å². The molecule has 7 nitrogen and oxygen atoms in total. The number of carbonyl (C=O) groups is 1. The summed E-state index contributed by atoms with van der Waals surface area (Å²) in [5.41, 5.74) is 0.756. The molecular formula is C22H20F4N4O3. The smallest absolute Gasteiger partial charge is 0.410 e. The van der Waals surface area contributed by atoms with Crippen LogP contribution in [-0.2, 0) is 0 Å². The highest BCUT2D eigenvalue weighted by atomic mass is 19.4. The molecule has 33 heavy (non-hydrogen) atoms. The number of hydrogen-bond donors (Lipinski definition) is 2. The molecular weight excluding hydrogens is 444 g/mol. The molecule has 1 amide bonds. The maximum absolute atomic E-state index is 13.8. The molecule has 0 aliphatic carbocycles. The van der Waals surface area contributed by atoms with Crippen molar-refractivity contribution in [2.45, 2.75) is 24.7 Å². The van der Waals surface area contributed by atoms with Crippen LogP contribution in [-0.4, -0.2) is 36.1 Å². The van der Waals surface area contributed by atoms with Crippen LogP contribution in [0.2, 0.25) is 0 Å². The van der Waals surface area contributed by atoms with Crippen LogP contribution in [0.4, 0.5) is 29.1 Å². The average molecular weight is 464 g/mol. The second kappa shape index (κ2) is 8.64. The van der Waals surface area contributed by atoms with Gasteiger partial charge in [-0.3, -0.25) is 4.79 Å². The normalized spacial score (nSPS) is 17.6. The number of anilines is 2. The van der Waals surface area contributed by atoms with E-state index in [1.165, 1.54) is 44.6 Å². The zero-order valence-corrected chi connectivity index (χ0v) is 17.6. The first-order chi connectivity index (χ1) is 15.7. The minimum absolute atomic E-state index is 0.0640. The lowest BCUT2D eigenvalue weighted by atomic mass is 9.96. The van der Waals surface area contributed by atoms with Crippen LogP contribution in [0.25, 0.3) is 0 Å². The summed E-state index contributed by atoms with van der Waals surface area (Å²) < 4.78 is 65.9. The molecule has 2 atom stereocenters. The number of alkyl halides is 3. The summed E-state index contributed by atoms with van der Waals surface area (Å²) in [5.74, 6) is -0.399. The van der Waals surface area contributed by atoms with Gasteiger partial charge < -0.3 is 20.1 Å². The highest BCUT2D eigenvalue weighted by molar-refractivity contribution is 6.07. The van der Waals surface area contributed by atoms with Crippen LogP contribution in [0.3, 0.4) is 0 Å². The highest BCUT2D eigenvalue weighted by Crippen LogP contribution is 2.44. The fraction of sp³-hybridized carbons (Fsp3) is 0.273. The summed E-state index contributed by atoms with van der Waals surface area (Å²) in [6, 6.07) is 7.12. The number of aromatic nitrogens is 2. The Morgan fingerprint density at radius 1 is 1.12 bits per heavy atom. The Morgan fingerprint density at radius 3 is 2.45 bits per heavy atom. The molecule has 2 N–H and O–H groups in total. The molecule has 11 heteroatoms. The second-order valence-electron chi connectivity index (χ2n) is 7.42. The first-order valence-electron chi connectivity index (χ1n) is 9.91. The Bertz CT molecular complexity index is 1160. The molecule has 0 spiro atoms. The SMILES string of the molecule is COc1ccc(NC(=O)c2cnn3c2NC(c2ccc(F)cc2)CC3C(F)(F)F)cc1OC. The van der Waals surface area contributed by atoms with Crippen molar-refractivity contribution in [1.29, 1.82) is 0 Å². The van der Waals surface area contributed by atoms with E-state index in [-0.39, 0.29) is 17.8 Å². The molecule has 1 aromatic heterocycles. The molecule has 3 aromatic rings. The van der Waals surface area contributed by atoms with Gasteiger partial charge in [-0.25, -0.2) is 9.07 Å². The van der Waals surface area contributed by atoms with Gasteiger partial charge in [0.15, 0.2) is 17.5 Å². The van der Waals surface area contributed by atoms with E-state index in [1.807, 2.05) is 0 Å². The molecule has 1 aliphatic heterocycles. The lowest BCUT2D eigenvalue weighted by Gasteiger charge is -2.34. The topological polar surface area (TPSA) is 77.4 Å². The van der Waals surface area contributed by atoms with E-state index in [2.05, 4.69) is 15.7 Å². The molecule has 0 radical (unpaired) electrons. The number of nitrogens with zero attached hydrogens (tertiary/aromatic N) is 2. The van der Waals surface area contributed by atoms with Crippen LogP contribution in [0.5, 0.6) is 11.5 Å². The minimum Gasteiger partial charge on any atom is -0.493 e. The number of halogens is 4. The minimum atomic E-state index is -4.60. The third kappa shape index (κ3) is 4.43. The number of benzene rings is 2. The summed E-state index contributed by atoms with van der Waals surface area (Å²) in [4.78, 5) is 12.9. The lowest BCUT2D eigenvalue weighted by molar-refractivity contribution is -0.173. The van der Waals surface area contributed by atoms with Crippen molar-refractivity contribution in [3.8, 4) is 11.5 Å². The zero-order valence-electron chi connectivity index (χ0n) is 17.6. The van der Waals surface area contributed by atoms with Crippen molar-refractivity contribution in [2.24, 2.45) is 0 Å². The largest absolute Gasteiger partial charge is 0.493 e. The second-order valence-corrected chi connectivity index (χ2v) is 7.42. The number of rotatable bonds is 5. The van der Waals surface area contributed by atoms with Crippen LogP contribution in [0.1, 0.15) is 34.4 Å². The van der Waals surface area contributed by atoms with Gasteiger partial charge in [-0.05, 0) is 29.8 Å². The predicted molar refractivity (Wildman–Crippen MR) is 112 cm³/mol. The molecule has 0 saturated carbocycles. The quantitative estimate of drug-likeness (QED) is 0.523. The van der Waals surface area contributed by atoms with Crippen LogP contribution >= 0.6 is 0 Å². The standard InChI is InChI=1S/C22H20F4N4O3/c1-32-17-8-7-14(9-18(17)33-2)28-21(31)15-11-27-30-19(22(24,25)26)10-16(29-20(15)30)12-3-5-13(23)6-4-12/h3-9,11,16,19,29H,10H2,1-2H3,(H,28,31). The average Bonchev–Trinajstić information content (AvgIpc) is 3.22. The van der Waals surface area contributed by atoms with E-state index in [0.29, 0.717) is 22.7 Å². The first-order valence-corrected chi connectivity index (χ1v) is 9.91. The molecule has 1 aliphatic rings. The predicted octanol–water partition coefficient (Wildman–Crippen LogP) is 4.95. The molecule has 0 bridgehead atoms. The van der Waals surface area contributed by atoms with Crippen molar-refractivity contribution in [2.75, 3.05) is 24.9 Å². The van der Waals surface area contributed by atoms with Crippen molar-refractivity contribution >= 4 is 17.4 Å². The summed E-state index contributed by atoms with van der Waals surface area (Å²) in [5, 5.41) is 9.44. The number of ether oxygens (including phenoxy) is 2. The number of amides is 1. The fourth-order valence-corrected chi connectivity index (χ4v) is 3.75. The number of carbonyl (C=O) groups excluding carboxylic acids is 1. The van der Waals surface area contributed by atoms with Crippen molar-refractivity contribution < 1.29 is 31.8 Å². The van der Waals surface area contributed by atoms with Crippen molar-refractivity contribution in [3.05, 3.63) is 65.6 Å². The van der Waals surface area contributed by atoms with Gasteiger partial charge in [-0.15, -0.1) is 0 Å². The Hall–Kier alpha value is -3.76. The summed E-state index contributed by atoms with van der Waals surface area (Å²) in [6.07, 6.45) is -3.87. The van der Waals surface area contributed by atoms with E-state index in [0.717, 1.165) is 10.9 Å². The highest BCUT2D eigenvalue weighted by Gasteiger charge is 2.47. The third-order valence-corrected chi connectivity index (χ3v) is 5.40. The molecule has 2 aromatic carbocycles. The molecule has 0 saturated heterocycles. The van der Waals surface area contributed by atoms with Crippen LogP contribution in [0, 0.1) is 5.82 Å². The van der Waals surface area contributed by atoms with Gasteiger partial charge in [0.05, 0.1) is 26.5 Å². The summed E-state index contributed by atoms with van der Waals surface area (Å²) in [6.45, 7) is 0. The number of hydrogen-bond acceptors (Lipinski definition) is 5. The Morgan fingerprint density at radius 2 is 1.82 bits per heavy atom. The maximum Gasteiger partial charge on any atom is 0.410 e. The fourth-order valence-electron chi connectivity index (χ4n) is 3.75.